The third kappa shape index (κ3) is 3.16. The summed E-state index contributed by atoms with van der Waals surface area (Å²) in [6.45, 7) is 6.79. The second-order valence-electron chi connectivity index (χ2n) is 5.90. The molecule has 0 unspecified atom stereocenters. The van der Waals surface area contributed by atoms with Crippen LogP contribution in [0.2, 0.25) is 0 Å². The van der Waals surface area contributed by atoms with Crippen LogP contribution in [-0.4, -0.2) is 30.9 Å². The molecule has 1 fully saturated rings. The maximum Gasteiger partial charge on any atom is 0.228 e. The Morgan fingerprint density at radius 3 is 2.58 bits per heavy atom. The third-order valence-corrected chi connectivity index (χ3v) is 4.24. The molecule has 0 bridgehead atoms. The minimum atomic E-state index is -0.192. The average Bonchev–Trinajstić information content (AvgIpc) is 2.41. The van der Waals surface area contributed by atoms with Gasteiger partial charge in [-0.15, -0.1) is 0 Å². The number of piperidine rings is 1. The minimum Gasteiger partial charge on any atom is -0.341 e. The molecular weight excluding hydrogens is 236 g/mol. The number of benzene rings is 1. The van der Waals surface area contributed by atoms with Crippen molar-refractivity contribution >= 4 is 5.91 Å². The lowest BCUT2D eigenvalue weighted by Gasteiger charge is -2.36. The molecule has 1 aromatic rings. The molecule has 1 heterocycles. The monoisotopic (exact) mass is 260 g/mol. The first-order chi connectivity index (χ1) is 9.03. The van der Waals surface area contributed by atoms with Crippen molar-refractivity contribution in [2.45, 2.75) is 33.2 Å². The van der Waals surface area contributed by atoms with Gasteiger partial charge in [0, 0.05) is 19.0 Å². The van der Waals surface area contributed by atoms with Gasteiger partial charge >= 0.3 is 0 Å². The maximum atomic E-state index is 12.6. The number of amides is 1. The Hall–Kier alpha value is -1.35. The minimum absolute atomic E-state index is 0.192. The lowest BCUT2D eigenvalue weighted by atomic mass is 9.79. The number of aryl methyl sites for hydroxylation is 1. The molecule has 1 saturated heterocycles. The van der Waals surface area contributed by atoms with Gasteiger partial charge in [0.05, 0.1) is 0 Å². The van der Waals surface area contributed by atoms with Gasteiger partial charge in [-0.05, 0) is 44.0 Å². The standard InChI is InChI=1S/C16H24N2O/c1-13-6-4-5-7-14(13)12-18(3)15(19)16(2)8-10-17-11-9-16/h4-7,17H,8-12H2,1-3H3. The molecule has 0 radical (unpaired) electrons. The van der Waals surface area contributed by atoms with E-state index in [0.29, 0.717) is 6.54 Å². The van der Waals surface area contributed by atoms with Crippen molar-refractivity contribution in [3.05, 3.63) is 35.4 Å². The van der Waals surface area contributed by atoms with Crippen molar-refractivity contribution < 1.29 is 4.79 Å². The summed E-state index contributed by atoms with van der Waals surface area (Å²) >= 11 is 0. The number of hydrogen-bond acceptors (Lipinski definition) is 2. The van der Waals surface area contributed by atoms with E-state index in [2.05, 4.69) is 31.3 Å². The second-order valence-corrected chi connectivity index (χ2v) is 5.90. The maximum absolute atomic E-state index is 12.6. The fraction of sp³-hybridized carbons (Fsp3) is 0.562. The van der Waals surface area contributed by atoms with E-state index in [-0.39, 0.29) is 11.3 Å². The molecule has 104 valence electrons. The van der Waals surface area contributed by atoms with Gasteiger partial charge in [0.15, 0.2) is 0 Å². The van der Waals surface area contributed by atoms with E-state index in [0.717, 1.165) is 25.9 Å². The lowest BCUT2D eigenvalue weighted by Crippen LogP contribution is -2.46. The summed E-state index contributed by atoms with van der Waals surface area (Å²) in [5.74, 6) is 0.275. The number of nitrogens with one attached hydrogen (secondary N) is 1. The summed E-state index contributed by atoms with van der Waals surface area (Å²) in [5, 5.41) is 3.32. The van der Waals surface area contributed by atoms with Crippen molar-refractivity contribution in [1.82, 2.24) is 10.2 Å². The largest absolute Gasteiger partial charge is 0.341 e. The van der Waals surface area contributed by atoms with Crippen LogP contribution in [0.25, 0.3) is 0 Å². The zero-order chi connectivity index (χ0) is 13.9. The number of nitrogens with zero attached hydrogens (tertiary/aromatic N) is 1. The van der Waals surface area contributed by atoms with Gasteiger partial charge in [0.1, 0.15) is 0 Å². The first kappa shape index (κ1) is 14.1. The van der Waals surface area contributed by atoms with Crippen LogP contribution in [-0.2, 0) is 11.3 Å². The van der Waals surface area contributed by atoms with Crippen LogP contribution in [0, 0.1) is 12.3 Å². The van der Waals surface area contributed by atoms with E-state index >= 15 is 0 Å². The highest BCUT2D eigenvalue weighted by Gasteiger charge is 2.36. The third-order valence-electron chi connectivity index (χ3n) is 4.24. The predicted octanol–water partition coefficient (Wildman–Crippen LogP) is 2.34. The molecule has 0 aromatic heterocycles. The first-order valence-electron chi connectivity index (χ1n) is 7.04. The van der Waals surface area contributed by atoms with Gasteiger partial charge < -0.3 is 10.2 Å². The van der Waals surface area contributed by atoms with Crippen LogP contribution >= 0.6 is 0 Å². The van der Waals surface area contributed by atoms with Gasteiger partial charge in [0.2, 0.25) is 5.91 Å². The van der Waals surface area contributed by atoms with Crippen molar-refractivity contribution in [1.29, 1.82) is 0 Å². The Balaban J connectivity index is 2.05. The molecule has 19 heavy (non-hydrogen) atoms. The summed E-state index contributed by atoms with van der Waals surface area (Å²) in [6, 6.07) is 8.27. The highest BCUT2D eigenvalue weighted by atomic mass is 16.2. The van der Waals surface area contributed by atoms with Crippen molar-refractivity contribution in [2.75, 3.05) is 20.1 Å². The summed E-state index contributed by atoms with van der Waals surface area (Å²) < 4.78 is 0. The second kappa shape index (κ2) is 5.74. The predicted molar refractivity (Wildman–Crippen MR) is 77.9 cm³/mol. The fourth-order valence-corrected chi connectivity index (χ4v) is 2.77. The Bertz CT molecular complexity index is 450. The van der Waals surface area contributed by atoms with Crippen LogP contribution in [0.4, 0.5) is 0 Å². The Labute approximate surface area is 116 Å². The molecule has 0 atom stereocenters. The molecule has 1 amide bonds. The summed E-state index contributed by atoms with van der Waals surface area (Å²) in [5.41, 5.74) is 2.29. The number of carbonyl (C=O) groups is 1. The van der Waals surface area contributed by atoms with Crippen LogP contribution in [0.5, 0.6) is 0 Å². The molecule has 3 nitrogen and oxygen atoms in total. The number of carbonyl (C=O) groups excluding carboxylic acids is 1. The molecule has 0 saturated carbocycles. The Morgan fingerprint density at radius 2 is 1.95 bits per heavy atom. The molecule has 1 N–H and O–H groups in total. The van der Waals surface area contributed by atoms with Gasteiger partial charge in [-0.2, -0.15) is 0 Å². The quantitative estimate of drug-likeness (QED) is 0.904. The Morgan fingerprint density at radius 1 is 1.32 bits per heavy atom. The van der Waals surface area contributed by atoms with Crippen molar-refractivity contribution in [3.8, 4) is 0 Å². The fourth-order valence-electron chi connectivity index (χ4n) is 2.77. The van der Waals surface area contributed by atoms with Gasteiger partial charge in [-0.25, -0.2) is 0 Å². The summed E-state index contributed by atoms with van der Waals surface area (Å²) in [7, 11) is 1.92. The van der Waals surface area contributed by atoms with Crippen molar-refractivity contribution in [2.24, 2.45) is 5.41 Å². The Kier molecular flexibility index (Phi) is 4.25. The first-order valence-corrected chi connectivity index (χ1v) is 7.04. The molecular formula is C16H24N2O. The molecule has 1 aliphatic heterocycles. The zero-order valence-corrected chi connectivity index (χ0v) is 12.2. The molecule has 1 aromatic carbocycles. The van der Waals surface area contributed by atoms with E-state index < -0.39 is 0 Å². The van der Waals surface area contributed by atoms with Gasteiger partial charge in [-0.1, -0.05) is 31.2 Å². The smallest absolute Gasteiger partial charge is 0.228 e. The van der Waals surface area contributed by atoms with Crippen LogP contribution < -0.4 is 5.32 Å². The molecule has 0 aliphatic carbocycles. The lowest BCUT2D eigenvalue weighted by molar-refractivity contribution is -0.141. The highest BCUT2D eigenvalue weighted by Crippen LogP contribution is 2.30. The van der Waals surface area contributed by atoms with E-state index in [1.807, 2.05) is 24.1 Å². The summed E-state index contributed by atoms with van der Waals surface area (Å²) in [6.07, 6.45) is 1.87. The van der Waals surface area contributed by atoms with Crippen molar-refractivity contribution in [3.63, 3.8) is 0 Å². The summed E-state index contributed by atoms with van der Waals surface area (Å²) in [4.78, 5) is 14.5. The van der Waals surface area contributed by atoms with E-state index in [1.54, 1.807) is 0 Å². The highest BCUT2D eigenvalue weighted by molar-refractivity contribution is 5.82. The molecule has 0 spiro atoms. The van der Waals surface area contributed by atoms with Crippen LogP contribution in [0.3, 0.4) is 0 Å². The zero-order valence-electron chi connectivity index (χ0n) is 12.2. The van der Waals surface area contributed by atoms with Gasteiger partial charge in [-0.3, -0.25) is 4.79 Å². The van der Waals surface area contributed by atoms with E-state index in [9.17, 15) is 4.79 Å². The molecule has 3 heteroatoms. The molecule has 2 rings (SSSR count). The average molecular weight is 260 g/mol. The number of rotatable bonds is 3. The van der Waals surface area contributed by atoms with Gasteiger partial charge in [0.25, 0.3) is 0 Å². The molecule has 1 aliphatic rings. The topological polar surface area (TPSA) is 32.3 Å². The normalized spacial score (nSPS) is 18.1. The SMILES string of the molecule is Cc1ccccc1CN(C)C(=O)C1(C)CCNCC1. The van der Waals surface area contributed by atoms with Crippen LogP contribution in [0.1, 0.15) is 30.9 Å². The van der Waals surface area contributed by atoms with E-state index in [4.69, 9.17) is 0 Å². The van der Waals surface area contributed by atoms with E-state index in [1.165, 1.54) is 11.1 Å². The number of hydrogen-bond donors (Lipinski definition) is 1. The van der Waals surface area contributed by atoms with Crippen LogP contribution in [0.15, 0.2) is 24.3 Å².